The molecule has 0 fully saturated rings. The van der Waals surface area contributed by atoms with Crippen molar-refractivity contribution in [2.45, 2.75) is 31.8 Å². The summed E-state index contributed by atoms with van der Waals surface area (Å²) in [6, 6.07) is 14.9. The Morgan fingerprint density at radius 2 is 1.81 bits per heavy atom. The quantitative estimate of drug-likeness (QED) is 0.761. The molecule has 0 aliphatic carbocycles. The van der Waals surface area contributed by atoms with Crippen molar-refractivity contribution in [1.82, 2.24) is 9.88 Å². The van der Waals surface area contributed by atoms with Crippen LogP contribution in [0, 0.1) is 0 Å². The first kappa shape index (κ1) is 16.4. The first-order chi connectivity index (χ1) is 12.6. The summed E-state index contributed by atoms with van der Waals surface area (Å²) in [6.45, 7) is 0.361. The summed E-state index contributed by atoms with van der Waals surface area (Å²) < 4.78 is 0. The number of benzene rings is 2. The van der Waals surface area contributed by atoms with E-state index in [2.05, 4.69) is 4.98 Å². The van der Waals surface area contributed by atoms with E-state index in [0.717, 1.165) is 27.6 Å². The number of hydrogen-bond donors (Lipinski definition) is 2. The first-order valence-electron chi connectivity index (χ1n) is 8.77. The predicted molar refractivity (Wildman–Crippen MR) is 98.7 cm³/mol. The minimum absolute atomic E-state index is 0.114. The number of carbonyl (C=O) groups excluding carboxylic acids is 1. The number of aromatic nitrogens is 1. The van der Waals surface area contributed by atoms with Crippen LogP contribution in [0.3, 0.4) is 0 Å². The van der Waals surface area contributed by atoms with Crippen molar-refractivity contribution in [3.8, 4) is 0 Å². The van der Waals surface area contributed by atoms with Gasteiger partial charge in [0.15, 0.2) is 0 Å². The number of carboxylic acids is 1. The van der Waals surface area contributed by atoms with Gasteiger partial charge in [-0.2, -0.15) is 0 Å². The number of amides is 1. The summed E-state index contributed by atoms with van der Waals surface area (Å²) in [6.07, 6.45) is 3.18. The maximum atomic E-state index is 12.8. The zero-order valence-corrected chi connectivity index (χ0v) is 14.3. The molecule has 4 rings (SSSR count). The van der Waals surface area contributed by atoms with Crippen LogP contribution >= 0.6 is 0 Å². The molecule has 5 heteroatoms. The number of nitrogens with one attached hydrogen (secondary N) is 1. The maximum Gasteiger partial charge on any atom is 0.326 e. The molecule has 2 heterocycles. The number of rotatable bonds is 4. The zero-order valence-electron chi connectivity index (χ0n) is 14.3. The largest absolute Gasteiger partial charge is 0.480 e. The molecule has 0 radical (unpaired) electrons. The van der Waals surface area contributed by atoms with E-state index in [1.54, 1.807) is 0 Å². The number of fused-ring (bicyclic) bond motifs is 2. The van der Waals surface area contributed by atoms with Crippen molar-refractivity contribution >= 4 is 22.8 Å². The molecule has 0 unspecified atom stereocenters. The second-order valence-electron chi connectivity index (χ2n) is 6.71. The van der Waals surface area contributed by atoms with Gasteiger partial charge in [0.05, 0.1) is 0 Å². The van der Waals surface area contributed by atoms with E-state index in [1.165, 1.54) is 4.90 Å². The highest BCUT2D eigenvalue weighted by Gasteiger charge is 2.34. The lowest BCUT2D eigenvalue weighted by atomic mass is 9.93. The van der Waals surface area contributed by atoms with E-state index in [0.29, 0.717) is 25.8 Å². The molecular formula is C21H20N2O3. The molecule has 0 bridgehead atoms. The Kier molecular flexibility index (Phi) is 4.21. The summed E-state index contributed by atoms with van der Waals surface area (Å²) in [7, 11) is 0. The van der Waals surface area contributed by atoms with E-state index in [9.17, 15) is 14.7 Å². The van der Waals surface area contributed by atoms with Crippen LogP contribution < -0.4 is 0 Å². The lowest BCUT2D eigenvalue weighted by molar-refractivity contribution is -0.151. The van der Waals surface area contributed by atoms with Crippen molar-refractivity contribution < 1.29 is 14.7 Å². The Labute approximate surface area is 151 Å². The summed E-state index contributed by atoms with van der Waals surface area (Å²) in [4.78, 5) is 29.2. The third kappa shape index (κ3) is 2.96. The van der Waals surface area contributed by atoms with Gasteiger partial charge < -0.3 is 15.0 Å². The molecule has 2 aromatic carbocycles. The molecule has 0 spiro atoms. The monoisotopic (exact) mass is 348 g/mol. The standard InChI is InChI=1S/C21H20N2O3/c24-20(10-9-15-12-22-18-8-4-3-7-17(15)18)23-13-16-6-2-1-5-14(16)11-19(23)21(25)26/h1-8,12,19,22H,9-11,13H2,(H,25,26)/t19-/m0/s1. The van der Waals surface area contributed by atoms with Crippen molar-refractivity contribution in [1.29, 1.82) is 0 Å². The van der Waals surface area contributed by atoms with E-state index in [-0.39, 0.29) is 5.91 Å². The summed E-state index contributed by atoms with van der Waals surface area (Å²) in [5.74, 6) is -1.06. The Morgan fingerprint density at radius 3 is 2.62 bits per heavy atom. The number of aromatic amines is 1. The molecule has 0 saturated carbocycles. The van der Waals surface area contributed by atoms with Crippen LogP contribution in [0.4, 0.5) is 0 Å². The van der Waals surface area contributed by atoms with Crippen LogP contribution in [0.5, 0.6) is 0 Å². The molecule has 1 aliphatic heterocycles. The van der Waals surface area contributed by atoms with Crippen molar-refractivity contribution in [2.75, 3.05) is 0 Å². The summed E-state index contributed by atoms with van der Waals surface area (Å²) in [5.41, 5.74) is 4.18. The first-order valence-corrected chi connectivity index (χ1v) is 8.77. The number of aliphatic carboxylic acids is 1. The van der Waals surface area contributed by atoms with Crippen molar-refractivity contribution in [2.24, 2.45) is 0 Å². The summed E-state index contributed by atoms with van der Waals surface area (Å²) in [5, 5.41) is 10.7. The molecule has 1 aromatic heterocycles. The maximum absolute atomic E-state index is 12.8. The number of carbonyl (C=O) groups is 2. The number of hydrogen-bond acceptors (Lipinski definition) is 2. The highest BCUT2D eigenvalue weighted by atomic mass is 16.4. The number of H-pyrrole nitrogens is 1. The molecule has 1 amide bonds. The number of para-hydroxylation sites is 1. The van der Waals surface area contributed by atoms with Crippen LogP contribution in [-0.4, -0.2) is 32.9 Å². The van der Waals surface area contributed by atoms with E-state index in [4.69, 9.17) is 0 Å². The van der Waals surface area contributed by atoms with Gasteiger partial charge in [-0.15, -0.1) is 0 Å². The van der Waals surface area contributed by atoms with Crippen LogP contribution in [0.1, 0.15) is 23.1 Å². The lowest BCUT2D eigenvalue weighted by Gasteiger charge is -2.34. The minimum atomic E-state index is -0.944. The van der Waals surface area contributed by atoms with Gasteiger partial charge in [-0.05, 0) is 29.2 Å². The average molecular weight is 348 g/mol. The predicted octanol–water partition coefficient (Wildman–Crippen LogP) is 3.14. The number of nitrogens with zero attached hydrogens (tertiary/aromatic N) is 1. The van der Waals surface area contributed by atoms with Crippen LogP contribution in [0.2, 0.25) is 0 Å². The van der Waals surface area contributed by atoms with Gasteiger partial charge >= 0.3 is 5.97 Å². The Balaban J connectivity index is 1.52. The fourth-order valence-corrected chi connectivity index (χ4v) is 3.73. The molecule has 0 saturated heterocycles. The normalized spacial score (nSPS) is 16.5. The molecule has 132 valence electrons. The second-order valence-corrected chi connectivity index (χ2v) is 6.71. The lowest BCUT2D eigenvalue weighted by Crippen LogP contribution is -2.48. The zero-order chi connectivity index (χ0) is 18.1. The average Bonchev–Trinajstić information content (AvgIpc) is 3.08. The Bertz CT molecular complexity index is 976. The van der Waals surface area contributed by atoms with Gasteiger partial charge in [0, 0.05) is 36.5 Å². The van der Waals surface area contributed by atoms with Gasteiger partial charge in [-0.3, -0.25) is 4.79 Å². The molecule has 3 aromatic rings. The Hall–Kier alpha value is -3.08. The van der Waals surface area contributed by atoms with Crippen LogP contribution in [0.15, 0.2) is 54.7 Å². The number of carboxylic acid groups (broad SMARTS) is 1. The van der Waals surface area contributed by atoms with E-state index >= 15 is 0 Å². The smallest absolute Gasteiger partial charge is 0.326 e. The van der Waals surface area contributed by atoms with Gasteiger partial charge in [0.2, 0.25) is 5.91 Å². The molecule has 26 heavy (non-hydrogen) atoms. The van der Waals surface area contributed by atoms with Gasteiger partial charge in [-0.1, -0.05) is 42.5 Å². The van der Waals surface area contributed by atoms with E-state index < -0.39 is 12.0 Å². The van der Waals surface area contributed by atoms with Crippen molar-refractivity contribution in [3.05, 3.63) is 71.4 Å². The van der Waals surface area contributed by atoms with Crippen LogP contribution in [0.25, 0.3) is 10.9 Å². The Morgan fingerprint density at radius 1 is 1.08 bits per heavy atom. The third-order valence-electron chi connectivity index (χ3n) is 5.14. The van der Waals surface area contributed by atoms with Gasteiger partial charge in [-0.25, -0.2) is 4.79 Å². The summed E-state index contributed by atoms with van der Waals surface area (Å²) >= 11 is 0. The minimum Gasteiger partial charge on any atom is -0.480 e. The second kappa shape index (κ2) is 6.67. The fourth-order valence-electron chi connectivity index (χ4n) is 3.73. The molecule has 2 N–H and O–H groups in total. The molecule has 1 atom stereocenters. The molecule has 1 aliphatic rings. The molecule has 5 nitrogen and oxygen atoms in total. The van der Waals surface area contributed by atoms with Crippen molar-refractivity contribution in [3.63, 3.8) is 0 Å². The SMILES string of the molecule is O=C(O)[C@@H]1Cc2ccccc2CN1C(=O)CCc1c[nH]c2ccccc12. The van der Waals surface area contributed by atoms with E-state index in [1.807, 2.05) is 54.7 Å². The molecular weight excluding hydrogens is 328 g/mol. The highest BCUT2D eigenvalue weighted by Crippen LogP contribution is 2.25. The topological polar surface area (TPSA) is 73.4 Å². The van der Waals surface area contributed by atoms with Gasteiger partial charge in [0.25, 0.3) is 0 Å². The third-order valence-corrected chi connectivity index (χ3v) is 5.14. The van der Waals surface area contributed by atoms with Gasteiger partial charge in [0.1, 0.15) is 6.04 Å². The fraction of sp³-hybridized carbons (Fsp3) is 0.238. The highest BCUT2D eigenvalue weighted by molar-refractivity contribution is 5.86. The van der Waals surface area contributed by atoms with Crippen LogP contribution in [-0.2, 0) is 29.0 Å². The number of aryl methyl sites for hydroxylation is 1.